The summed E-state index contributed by atoms with van der Waals surface area (Å²) in [6.07, 6.45) is -4.52. The molecule has 26 heavy (non-hydrogen) atoms. The lowest BCUT2D eigenvalue weighted by Gasteiger charge is -2.45. The van der Waals surface area contributed by atoms with E-state index in [0.717, 1.165) is 0 Å². The van der Waals surface area contributed by atoms with Crippen LogP contribution in [0.25, 0.3) is 0 Å². The maximum atomic E-state index is 13.8. The van der Waals surface area contributed by atoms with Gasteiger partial charge in [-0.05, 0) is 37.8 Å². The zero-order chi connectivity index (χ0) is 18.9. The van der Waals surface area contributed by atoms with E-state index in [9.17, 15) is 22.7 Å². The first-order valence-corrected chi connectivity index (χ1v) is 8.72. The summed E-state index contributed by atoms with van der Waals surface area (Å²) in [6, 6.07) is 6.44. The molecule has 0 radical (unpaired) electrons. The van der Waals surface area contributed by atoms with Crippen LogP contribution >= 0.6 is 0 Å². The Hall–Kier alpha value is -1.85. The van der Waals surface area contributed by atoms with Crippen LogP contribution in [-0.4, -0.2) is 54.0 Å². The van der Waals surface area contributed by atoms with Gasteiger partial charge in [-0.3, -0.25) is 4.90 Å². The Kier molecular flexibility index (Phi) is 5.13. The van der Waals surface area contributed by atoms with Crippen molar-refractivity contribution in [3.05, 3.63) is 29.6 Å². The van der Waals surface area contributed by atoms with Gasteiger partial charge in [-0.15, -0.1) is 0 Å². The number of aliphatic hydroxyl groups is 1. The van der Waals surface area contributed by atoms with Crippen molar-refractivity contribution in [3.8, 4) is 6.07 Å². The van der Waals surface area contributed by atoms with Gasteiger partial charge < -0.3 is 10.0 Å². The normalized spacial score (nSPS) is 28.0. The van der Waals surface area contributed by atoms with Crippen molar-refractivity contribution in [1.82, 2.24) is 4.90 Å². The minimum atomic E-state index is -4.58. The molecule has 0 bridgehead atoms. The summed E-state index contributed by atoms with van der Waals surface area (Å²) in [5.74, 6) is -0.550. The first kappa shape index (κ1) is 18.9. The Morgan fingerprint density at radius 1 is 1.12 bits per heavy atom. The van der Waals surface area contributed by atoms with Gasteiger partial charge in [-0.1, -0.05) is 6.07 Å². The van der Waals surface area contributed by atoms with E-state index in [1.807, 2.05) is 11.0 Å². The van der Waals surface area contributed by atoms with Crippen LogP contribution in [0.3, 0.4) is 0 Å². The zero-order valence-corrected chi connectivity index (χ0v) is 14.3. The van der Waals surface area contributed by atoms with Crippen molar-refractivity contribution in [2.45, 2.75) is 43.5 Å². The van der Waals surface area contributed by atoms with Gasteiger partial charge in [-0.2, -0.15) is 18.4 Å². The Balaban J connectivity index is 1.59. The van der Waals surface area contributed by atoms with E-state index in [1.54, 1.807) is 12.1 Å². The number of rotatable bonds is 2. The first-order valence-electron chi connectivity index (χ1n) is 8.72. The number of hydrogen-bond acceptors (Lipinski definition) is 4. The fraction of sp³-hybridized carbons (Fsp3) is 0.611. The molecule has 1 aliphatic heterocycles. The van der Waals surface area contributed by atoms with Gasteiger partial charge in [0, 0.05) is 32.2 Å². The SMILES string of the molecule is N#Cc1c(F)cccc1N1CCN(C2CCC(O)(C(F)(F)F)CC2)CC1. The van der Waals surface area contributed by atoms with E-state index >= 15 is 0 Å². The highest BCUT2D eigenvalue weighted by atomic mass is 19.4. The summed E-state index contributed by atoms with van der Waals surface area (Å²) >= 11 is 0. The van der Waals surface area contributed by atoms with Crippen molar-refractivity contribution in [3.63, 3.8) is 0 Å². The van der Waals surface area contributed by atoms with E-state index in [-0.39, 0.29) is 24.4 Å². The van der Waals surface area contributed by atoms with Gasteiger partial charge in [0.1, 0.15) is 17.4 Å². The van der Waals surface area contributed by atoms with Crippen LogP contribution in [0.1, 0.15) is 31.2 Å². The van der Waals surface area contributed by atoms with Crippen LogP contribution in [0, 0.1) is 17.1 Å². The van der Waals surface area contributed by atoms with Crippen molar-refractivity contribution < 1.29 is 22.7 Å². The highest BCUT2D eigenvalue weighted by Gasteiger charge is 2.55. The number of piperazine rings is 1. The largest absolute Gasteiger partial charge is 0.417 e. The summed E-state index contributed by atoms with van der Waals surface area (Å²) in [5, 5.41) is 18.9. The summed E-state index contributed by atoms with van der Waals surface area (Å²) in [7, 11) is 0. The number of anilines is 1. The molecule has 2 fully saturated rings. The molecule has 0 aromatic heterocycles. The quantitative estimate of drug-likeness (QED) is 0.812. The lowest BCUT2D eigenvalue weighted by molar-refractivity contribution is -0.272. The van der Waals surface area contributed by atoms with Crippen LogP contribution in [-0.2, 0) is 0 Å². The van der Waals surface area contributed by atoms with Gasteiger partial charge in [0.2, 0.25) is 0 Å². The molecular formula is C18H21F4N3O. The number of nitriles is 1. The van der Waals surface area contributed by atoms with Gasteiger partial charge in [-0.25, -0.2) is 4.39 Å². The molecule has 8 heteroatoms. The summed E-state index contributed by atoms with van der Waals surface area (Å²) < 4.78 is 52.5. The molecular weight excluding hydrogens is 350 g/mol. The van der Waals surface area contributed by atoms with Crippen LogP contribution in [0.5, 0.6) is 0 Å². The van der Waals surface area contributed by atoms with E-state index in [4.69, 9.17) is 5.26 Å². The molecule has 2 aliphatic rings. The van der Waals surface area contributed by atoms with Crippen LogP contribution in [0.2, 0.25) is 0 Å². The Labute approximate surface area is 149 Å². The molecule has 3 rings (SSSR count). The Morgan fingerprint density at radius 2 is 1.73 bits per heavy atom. The third-order valence-corrected chi connectivity index (χ3v) is 5.58. The fourth-order valence-corrected chi connectivity index (χ4v) is 3.94. The molecule has 1 aromatic rings. The lowest BCUT2D eigenvalue weighted by atomic mass is 9.81. The predicted molar refractivity (Wildman–Crippen MR) is 88.2 cm³/mol. The second kappa shape index (κ2) is 7.05. The first-order chi connectivity index (χ1) is 12.2. The molecule has 0 unspecified atom stereocenters. The van der Waals surface area contributed by atoms with Crippen molar-refractivity contribution >= 4 is 5.69 Å². The Bertz CT molecular complexity index is 685. The van der Waals surface area contributed by atoms with E-state index < -0.39 is 17.6 Å². The molecule has 0 spiro atoms. The van der Waals surface area contributed by atoms with E-state index in [1.165, 1.54) is 6.07 Å². The third kappa shape index (κ3) is 3.51. The van der Waals surface area contributed by atoms with E-state index in [2.05, 4.69) is 4.90 Å². The molecule has 4 nitrogen and oxygen atoms in total. The van der Waals surface area contributed by atoms with Crippen molar-refractivity contribution in [2.75, 3.05) is 31.1 Å². The second-order valence-corrected chi connectivity index (χ2v) is 7.03. The highest BCUT2D eigenvalue weighted by molar-refractivity contribution is 5.60. The topological polar surface area (TPSA) is 50.5 Å². The smallest absolute Gasteiger partial charge is 0.380 e. The number of benzene rings is 1. The van der Waals surface area contributed by atoms with Crippen LogP contribution in [0.15, 0.2) is 18.2 Å². The standard InChI is InChI=1S/C18H21F4N3O/c19-15-2-1-3-16(14(15)12-23)25-10-8-24(9-11-25)13-4-6-17(26,7-5-13)18(20,21)22/h1-3,13,26H,4-11H2. The lowest BCUT2D eigenvalue weighted by Crippen LogP contribution is -2.55. The maximum Gasteiger partial charge on any atom is 0.417 e. The number of nitrogens with zero attached hydrogens (tertiary/aromatic N) is 3. The molecule has 1 heterocycles. The van der Waals surface area contributed by atoms with E-state index in [0.29, 0.717) is 44.7 Å². The van der Waals surface area contributed by atoms with Gasteiger partial charge >= 0.3 is 6.18 Å². The van der Waals surface area contributed by atoms with Crippen molar-refractivity contribution in [2.24, 2.45) is 0 Å². The predicted octanol–water partition coefficient (Wildman–Crippen LogP) is 3.06. The molecule has 1 aromatic carbocycles. The minimum Gasteiger partial charge on any atom is -0.380 e. The maximum absolute atomic E-state index is 13.8. The molecule has 0 atom stereocenters. The molecule has 1 aliphatic carbocycles. The fourth-order valence-electron chi connectivity index (χ4n) is 3.94. The summed E-state index contributed by atoms with van der Waals surface area (Å²) in [4.78, 5) is 4.07. The minimum absolute atomic E-state index is 0.0164. The molecule has 142 valence electrons. The van der Waals surface area contributed by atoms with Gasteiger partial charge in [0.25, 0.3) is 0 Å². The van der Waals surface area contributed by atoms with Crippen molar-refractivity contribution in [1.29, 1.82) is 5.26 Å². The summed E-state index contributed by atoms with van der Waals surface area (Å²) in [5.41, 5.74) is -1.98. The molecule has 0 amide bonds. The molecule has 1 saturated carbocycles. The van der Waals surface area contributed by atoms with Crippen LogP contribution < -0.4 is 4.90 Å². The Morgan fingerprint density at radius 3 is 2.27 bits per heavy atom. The molecule has 1 saturated heterocycles. The monoisotopic (exact) mass is 371 g/mol. The average Bonchev–Trinajstić information content (AvgIpc) is 2.61. The third-order valence-electron chi connectivity index (χ3n) is 5.58. The average molecular weight is 371 g/mol. The number of halogens is 4. The van der Waals surface area contributed by atoms with Gasteiger partial charge in [0.05, 0.1) is 5.69 Å². The number of alkyl halides is 3. The summed E-state index contributed by atoms with van der Waals surface area (Å²) in [6.45, 7) is 2.43. The van der Waals surface area contributed by atoms with Gasteiger partial charge in [0.15, 0.2) is 5.60 Å². The number of hydrogen-bond donors (Lipinski definition) is 1. The molecule has 1 N–H and O–H groups in total. The zero-order valence-electron chi connectivity index (χ0n) is 14.3. The van der Waals surface area contributed by atoms with Crippen LogP contribution in [0.4, 0.5) is 23.2 Å². The highest BCUT2D eigenvalue weighted by Crippen LogP contribution is 2.42. The second-order valence-electron chi connectivity index (χ2n) is 7.03.